The first-order valence-corrected chi connectivity index (χ1v) is 9.77. The van der Waals surface area contributed by atoms with Gasteiger partial charge in [0.25, 0.3) is 0 Å². The van der Waals surface area contributed by atoms with Gasteiger partial charge in [0.2, 0.25) is 0 Å². The summed E-state index contributed by atoms with van der Waals surface area (Å²) in [5.41, 5.74) is 2.84. The molecule has 4 rings (SSSR count). The van der Waals surface area contributed by atoms with Crippen LogP contribution in [0.25, 0.3) is 16.8 Å². The summed E-state index contributed by atoms with van der Waals surface area (Å²) in [6, 6.07) is 9.93. The lowest BCUT2D eigenvalue weighted by Gasteiger charge is -2.46. The summed E-state index contributed by atoms with van der Waals surface area (Å²) in [7, 11) is 0. The molecule has 0 saturated carbocycles. The number of pyridine rings is 2. The van der Waals surface area contributed by atoms with E-state index in [1.165, 1.54) is 0 Å². The molecule has 4 heterocycles. The third-order valence-electron chi connectivity index (χ3n) is 5.31. The van der Waals surface area contributed by atoms with Crippen molar-refractivity contribution in [3.05, 3.63) is 54.7 Å². The number of rotatable bonds is 3. The summed E-state index contributed by atoms with van der Waals surface area (Å²) in [4.78, 5) is 20.6. The molecule has 3 aromatic rings. The molecule has 1 aliphatic rings. The van der Waals surface area contributed by atoms with Crippen molar-refractivity contribution in [3.8, 4) is 11.3 Å². The van der Waals surface area contributed by atoms with Gasteiger partial charge < -0.3 is 10.6 Å². The van der Waals surface area contributed by atoms with E-state index in [9.17, 15) is 4.79 Å². The van der Waals surface area contributed by atoms with E-state index in [0.717, 1.165) is 29.6 Å². The minimum atomic E-state index is -0.0833. The fourth-order valence-corrected chi connectivity index (χ4v) is 4.67. The zero-order valence-corrected chi connectivity index (χ0v) is 16.9. The molecule has 1 aliphatic heterocycles. The molecule has 3 aromatic heterocycles. The maximum atomic E-state index is 13.2. The lowest BCUT2D eigenvalue weighted by Crippen LogP contribution is -2.62. The van der Waals surface area contributed by atoms with Crippen molar-refractivity contribution in [2.24, 2.45) is 0 Å². The van der Waals surface area contributed by atoms with Crippen molar-refractivity contribution >= 4 is 11.4 Å². The van der Waals surface area contributed by atoms with Gasteiger partial charge in [-0.05, 0) is 64.8 Å². The highest BCUT2D eigenvalue weighted by atomic mass is 16.2. The first kappa shape index (κ1) is 18.6. The number of aromatic amines is 1. The molecule has 3 N–H and O–H groups in total. The van der Waals surface area contributed by atoms with Gasteiger partial charge in [0.1, 0.15) is 0 Å². The average Bonchev–Trinajstić information content (AvgIpc) is 2.99. The highest BCUT2D eigenvalue weighted by Crippen LogP contribution is 2.28. The molecule has 0 aromatic carbocycles. The molecule has 0 bridgehead atoms. The Morgan fingerprint density at radius 3 is 2.46 bits per heavy atom. The van der Waals surface area contributed by atoms with Gasteiger partial charge in [-0.2, -0.15) is 4.40 Å². The first-order chi connectivity index (χ1) is 13.2. The van der Waals surface area contributed by atoms with Crippen molar-refractivity contribution in [2.75, 3.05) is 0 Å². The predicted octanol–water partition coefficient (Wildman–Crippen LogP) is 2.85. The molecule has 0 aliphatic carbocycles. The van der Waals surface area contributed by atoms with Crippen LogP contribution < -0.4 is 15.0 Å². The normalized spacial score (nSPS) is 18.9. The molecule has 1 saturated heterocycles. The van der Waals surface area contributed by atoms with Crippen LogP contribution in [-0.4, -0.2) is 33.0 Å². The Balaban J connectivity index is 1.67. The van der Waals surface area contributed by atoms with E-state index in [-0.39, 0.29) is 23.0 Å². The van der Waals surface area contributed by atoms with Crippen molar-refractivity contribution in [2.45, 2.75) is 57.7 Å². The van der Waals surface area contributed by atoms with Crippen molar-refractivity contribution in [1.82, 2.24) is 20.6 Å². The lowest BCUT2D eigenvalue weighted by molar-refractivity contribution is -0.514. The molecular weight excluding hydrogens is 350 g/mol. The Hall–Kier alpha value is -2.73. The number of carbonyl (C=O) groups excluding carboxylic acids is 1. The number of fused-ring (bicyclic) bond motifs is 1. The van der Waals surface area contributed by atoms with Gasteiger partial charge in [0.15, 0.2) is 11.2 Å². The molecule has 1 amide bonds. The number of amides is 1. The topological polar surface area (TPSA) is 73.9 Å². The molecule has 6 nitrogen and oxygen atoms in total. The van der Waals surface area contributed by atoms with Crippen LogP contribution in [-0.2, 0) is 0 Å². The second kappa shape index (κ2) is 6.71. The highest BCUT2D eigenvalue weighted by Gasteiger charge is 2.39. The predicted molar refractivity (Wildman–Crippen MR) is 109 cm³/mol. The third-order valence-corrected chi connectivity index (χ3v) is 5.31. The zero-order chi connectivity index (χ0) is 19.9. The number of carbonyl (C=O) groups is 1. The maximum absolute atomic E-state index is 13.2. The summed E-state index contributed by atoms with van der Waals surface area (Å²) in [6.07, 6.45) is 7.22. The number of nitrogens with one attached hydrogen (secondary N) is 3. The molecule has 0 radical (unpaired) electrons. The standard InChI is InChI=1S/C22H27N5O/c1-21(2)13-16(14-22(3,4)26-21)24-20(28)19-25-18(15-8-10-23-11-9-15)17-7-5-6-12-27(17)19/h5-12,16,26H,13-14H2,1-4H3,(H,24,28)/p+1. The van der Waals surface area contributed by atoms with E-state index in [0.29, 0.717) is 5.82 Å². The van der Waals surface area contributed by atoms with E-state index in [1.807, 2.05) is 40.9 Å². The van der Waals surface area contributed by atoms with E-state index >= 15 is 0 Å². The van der Waals surface area contributed by atoms with Gasteiger partial charge in [0.05, 0.1) is 6.20 Å². The van der Waals surface area contributed by atoms with Crippen LogP contribution in [0.15, 0.2) is 48.9 Å². The zero-order valence-electron chi connectivity index (χ0n) is 16.9. The molecule has 0 unspecified atom stereocenters. The minimum Gasteiger partial charge on any atom is -0.343 e. The van der Waals surface area contributed by atoms with Gasteiger partial charge >= 0.3 is 11.7 Å². The van der Waals surface area contributed by atoms with Gasteiger partial charge in [-0.3, -0.25) is 9.78 Å². The Kier molecular flexibility index (Phi) is 4.46. The van der Waals surface area contributed by atoms with Crippen LogP contribution in [0.1, 0.15) is 51.2 Å². The van der Waals surface area contributed by atoms with Crippen LogP contribution in [0.5, 0.6) is 0 Å². The molecule has 0 atom stereocenters. The van der Waals surface area contributed by atoms with Crippen molar-refractivity contribution in [3.63, 3.8) is 0 Å². The smallest absolute Gasteiger partial charge is 0.343 e. The number of H-pyrrole nitrogens is 1. The Bertz CT molecular complexity index is 990. The van der Waals surface area contributed by atoms with E-state index in [2.05, 4.69) is 48.3 Å². The van der Waals surface area contributed by atoms with E-state index in [4.69, 9.17) is 0 Å². The number of nitrogens with zero attached hydrogens (tertiary/aromatic N) is 2. The Morgan fingerprint density at radius 1 is 1.11 bits per heavy atom. The summed E-state index contributed by atoms with van der Waals surface area (Å²) >= 11 is 0. The molecule has 146 valence electrons. The number of aromatic nitrogens is 3. The Morgan fingerprint density at radius 2 is 1.79 bits per heavy atom. The number of hydrogen-bond acceptors (Lipinski definition) is 3. The molecular formula is C22H28N5O+. The largest absolute Gasteiger partial charge is 0.351 e. The van der Waals surface area contributed by atoms with Gasteiger partial charge in [-0.15, -0.1) is 0 Å². The maximum Gasteiger partial charge on any atom is 0.351 e. The second-order valence-electron chi connectivity index (χ2n) is 9.01. The summed E-state index contributed by atoms with van der Waals surface area (Å²) in [6.45, 7) is 8.75. The molecule has 28 heavy (non-hydrogen) atoms. The monoisotopic (exact) mass is 378 g/mol. The summed E-state index contributed by atoms with van der Waals surface area (Å²) < 4.78 is 1.92. The molecule has 6 heteroatoms. The van der Waals surface area contributed by atoms with Crippen LogP contribution in [0.3, 0.4) is 0 Å². The van der Waals surface area contributed by atoms with Crippen LogP contribution >= 0.6 is 0 Å². The summed E-state index contributed by atoms with van der Waals surface area (Å²) in [5, 5.41) is 6.92. The van der Waals surface area contributed by atoms with Crippen LogP contribution in [0, 0.1) is 0 Å². The van der Waals surface area contributed by atoms with Crippen molar-refractivity contribution in [1.29, 1.82) is 0 Å². The SMILES string of the molecule is CC1(C)CC(NC(=O)c2[nH]c(-c3ccncc3)c3cccc[n+]23)CC(C)(C)N1. The van der Waals surface area contributed by atoms with Crippen molar-refractivity contribution < 1.29 is 9.20 Å². The number of piperidine rings is 1. The fraction of sp³-hybridized carbons (Fsp3) is 0.409. The lowest BCUT2D eigenvalue weighted by atomic mass is 9.79. The van der Waals surface area contributed by atoms with E-state index < -0.39 is 0 Å². The quantitative estimate of drug-likeness (QED) is 0.614. The second-order valence-corrected chi connectivity index (χ2v) is 9.01. The molecule has 0 spiro atoms. The molecule has 1 fully saturated rings. The Labute approximate surface area is 165 Å². The van der Waals surface area contributed by atoms with Gasteiger partial charge in [0, 0.05) is 35.1 Å². The fourth-order valence-electron chi connectivity index (χ4n) is 4.67. The first-order valence-electron chi connectivity index (χ1n) is 9.77. The van der Waals surface area contributed by atoms with Crippen LogP contribution in [0.4, 0.5) is 0 Å². The van der Waals surface area contributed by atoms with Crippen LogP contribution in [0.2, 0.25) is 0 Å². The third kappa shape index (κ3) is 3.64. The summed E-state index contributed by atoms with van der Waals surface area (Å²) in [5.74, 6) is 0.455. The highest BCUT2D eigenvalue weighted by molar-refractivity contribution is 5.91. The number of imidazole rings is 1. The average molecular weight is 379 g/mol. The van der Waals surface area contributed by atoms with Gasteiger partial charge in [-0.1, -0.05) is 6.07 Å². The van der Waals surface area contributed by atoms with E-state index in [1.54, 1.807) is 12.4 Å². The minimum absolute atomic E-state index is 0.0210. The van der Waals surface area contributed by atoms with Gasteiger partial charge in [-0.25, -0.2) is 4.98 Å². The number of hydrogen-bond donors (Lipinski definition) is 3.